The van der Waals surface area contributed by atoms with Gasteiger partial charge in [0.25, 0.3) is 5.91 Å². The van der Waals surface area contributed by atoms with E-state index in [9.17, 15) is 22.8 Å². The van der Waals surface area contributed by atoms with E-state index in [0.717, 1.165) is 6.42 Å². The smallest absolute Gasteiger partial charge is 0.309 e. The molecule has 1 heterocycles. The molecule has 160 valence electrons. The number of Topliss-reactive ketones (excluding diaryl/α,β-unsaturated/α-hetero) is 1. The Morgan fingerprint density at radius 3 is 2.48 bits per heavy atom. The number of benzene rings is 1. The molecule has 29 heavy (non-hydrogen) atoms. The van der Waals surface area contributed by atoms with Gasteiger partial charge in [-0.15, -0.1) is 0 Å². The van der Waals surface area contributed by atoms with Crippen LogP contribution in [0.25, 0.3) is 0 Å². The topological polar surface area (TPSA) is 110 Å². The number of esters is 1. The van der Waals surface area contributed by atoms with Crippen LogP contribution in [0.5, 0.6) is 0 Å². The predicted molar refractivity (Wildman–Crippen MR) is 107 cm³/mol. The van der Waals surface area contributed by atoms with Crippen molar-refractivity contribution in [1.29, 1.82) is 0 Å². The maximum Gasteiger partial charge on any atom is 0.309 e. The van der Waals surface area contributed by atoms with E-state index < -0.39 is 21.9 Å². The number of amides is 1. The van der Waals surface area contributed by atoms with Crippen molar-refractivity contribution in [2.75, 3.05) is 19.7 Å². The molecule has 1 atom stereocenters. The molecule has 2 rings (SSSR count). The first-order valence-electron chi connectivity index (χ1n) is 9.72. The molecule has 0 aromatic heterocycles. The fraction of sp³-hybridized carbons (Fsp3) is 0.550. The average molecular weight is 425 g/mol. The maximum atomic E-state index is 12.8. The van der Waals surface area contributed by atoms with Gasteiger partial charge in [0.15, 0.2) is 12.4 Å². The van der Waals surface area contributed by atoms with E-state index in [0.29, 0.717) is 18.4 Å². The summed E-state index contributed by atoms with van der Waals surface area (Å²) in [6.45, 7) is 5.19. The molecule has 1 aliphatic heterocycles. The Balaban J connectivity index is 1.91. The Morgan fingerprint density at radius 1 is 1.24 bits per heavy atom. The molecule has 1 aromatic carbocycles. The van der Waals surface area contributed by atoms with Crippen LogP contribution in [0.15, 0.2) is 29.2 Å². The van der Waals surface area contributed by atoms with Crippen molar-refractivity contribution < 1.29 is 27.5 Å². The molecule has 0 bridgehead atoms. The summed E-state index contributed by atoms with van der Waals surface area (Å²) in [5, 5.41) is 2.72. The van der Waals surface area contributed by atoms with Gasteiger partial charge in [-0.2, -0.15) is 4.31 Å². The Hall–Kier alpha value is -2.26. The largest absolute Gasteiger partial charge is 0.455 e. The van der Waals surface area contributed by atoms with Crippen molar-refractivity contribution >= 4 is 27.7 Å². The summed E-state index contributed by atoms with van der Waals surface area (Å²) in [6.07, 6.45) is 1.41. The molecular formula is C20H28N2O6S. The number of rotatable bonds is 8. The zero-order valence-corrected chi connectivity index (χ0v) is 17.8. The number of sulfonamides is 1. The van der Waals surface area contributed by atoms with Gasteiger partial charge in [0.1, 0.15) is 0 Å². The second kappa shape index (κ2) is 9.98. The minimum Gasteiger partial charge on any atom is -0.455 e. The second-order valence-electron chi connectivity index (χ2n) is 7.25. The Labute approximate surface area is 171 Å². The van der Waals surface area contributed by atoms with Crippen molar-refractivity contribution in [1.82, 2.24) is 9.62 Å². The fourth-order valence-corrected chi connectivity index (χ4v) is 4.55. The third-order valence-corrected chi connectivity index (χ3v) is 6.93. The van der Waals surface area contributed by atoms with Crippen LogP contribution in [0.1, 0.15) is 50.4 Å². The van der Waals surface area contributed by atoms with Crippen LogP contribution in [-0.2, 0) is 24.3 Å². The minimum atomic E-state index is -3.74. The van der Waals surface area contributed by atoms with Crippen LogP contribution < -0.4 is 5.32 Å². The molecule has 1 N–H and O–H groups in total. The number of carbonyl (C=O) groups excluding carboxylic acids is 3. The minimum absolute atomic E-state index is 0.0103. The van der Waals surface area contributed by atoms with Crippen molar-refractivity contribution in [3.63, 3.8) is 0 Å². The van der Waals surface area contributed by atoms with Crippen LogP contribution in [0.2, 0.25) is 0 Å². The van der Waals surface area contributed by atoms with Gasteiger partial charge in [-0.1, -0.05) is 19.1 Å². The number of nitrogens with zero attached hydrogens (tertiary/aromatic N) is 1. The normalized spacial score (nSPS) is 16.8. The Morgan fingerprint density at radius 2 is 1.90 bits per heavy atom. The zero-order valence-electron chi connectivity index (χ0n) is 17.0. The van der Waals surface area contributed by atoms with E-state index in [4.69, 9.17) is 4.74 Å². The Bertz CT molecular complexity index is 859. The van der Waals surface area contributed by atoms with Crippen LogP contribution in [0, 0.1) is 5.92 Å². The second-order valence-corrected chi connectivity index (χ2v) is 9.18. The lowest BCUT2D eigenvalue weighted by molar-refractivity contribution is -0.153. The maximum absolute atomic E-state index is 12.8. The van der Waals surface area contributed by atoms with E-state index in [2.05, 4.69) is 5.32 Å². The first-order valence-corrected chi connectivity index (χ1v) is 11.2. The molecule has 1 aromatic rings. The number of ketones is 1. The van der Waals surface area contributed by atoms with Crippen molar-refractivity contribution in [2.45, 2.75) is 51.0 Å². The molecule has 8 nitrogen and oxygen atoms in total. The van der Waals surface area contributed by atoms with Gasteiger partial charge in [-0.05, 0) is 45.2 Å². The van der Waals surface area contributed by atoms with Crippen molar-refractivity contribution in [3.05, 3.63) is 29.8 Å². The lowest BCUT2D eigenvalue weighted by Crippen LogP contribution is -2.41. The van der Waals surface area contributed by atoms with E-state index in [1.54, 1.807) is 6.07 Å². The number of ether oxygens (including phenoxy) is 1. The molecule has 1 amide bonds. The van der Waals surface area contributed by atoms with Crippen LogP contribution in [0.3, 0.4) is 0 Å². The number of hydrogen-bond donors (Lipinski definition) is 1. The highest BCUT2D eigenvalue weighted by Crippen LogP contribution is 2.25. The first kappa shape index (κ1) is 23.0. The summed E-state index contributed by atoms with van der Waals surface area (Å²) in [6, 6.07) is 5.95. The molecule has 0 spiro atoms. The molecule has 0 unspecified atom stereocenters. The lowest BCUT2D eigenvalue weighted by Gasteiger charge is -2.30. The summed E-state index contributed by atoms with van der Waals surface area (Å²) in [4.78, 5) is 35.5. The van der Waals surface area contributed by atoms with E-state index in [1.165, 1.54) is 29.4 Å². The van der Waals surface area contributed by atoms with E-state index in [1.807, 2.05) is 13.8 Å². The van der Waals surface area contributed by atoms with E-state index in [-0.39, 0.29) is 42.3 Å². The molecule has 0 saturated carbocycles. The molecule has 1 saturated heterocycles. The van der Waals surface area contributed by atoms with Gasteiger partial charge in [-0.25, -0.2) is 8.42 Å². The summed E-state index contributed by atoms with van der Waals surface area (Å²) < 4.78 is 32.1. The molecule has 0 aliphatic carbocycles. The van der Waals surface area contributed by atoms with Gasteiger partial charge < -0.3 is 10.1 Å². The van der Waals surface area contributed by atoms with Crippen LogP contribution >= 0.6 is 0 Å². The quantitative estimate of drug-likeness (QED) is 0.503. The van der Waals surface area contributed by atoms with Gasteiger partial charge in [0.05, 0.1) is 10.8 Å². The number of hydrogen-bond acceptors (Lipinski definition) is 6. The number of carbonyl (C=O) groups is 3. The van der Waals surface area contributed by atoms with Crippen LogP contribution in [-0.4, -0.2) is 56.1 Å². The van der Waals surface area contributed by atoms with Gasteiger partial charge >= 0.3 is 5.97 Å². The third kappa shape index (κ3) is 6.11. The summed E-state index contributed by atoms with van der Waals surface area (Å²) in [7, 11) is -3.74. The van der Waals surface area contributed by atoms with Crippen molar-refractivity contribution in [3.8, 4) is 0 Å². The monoisotopic (exact) mass is 424 g/mol. The molecular weight excluding hydrogens is 396 g/mol. The van der Waals surface area contributed by atoms with Gasteiger partial charge in [0.2, 0.25) is 10.0 Å². The fourth-order valence-electron chi connectivity index (χ4n) is 3.03. The molecule has 1 aliphatic rings. The first-order chi connectivity index (χ1) is 13.6. The molecule has 1 fully saturated rings. The van der Waals surface area contributed by atoms with Gasteiger partial charge in [0, 0.05) is 24.7 Å². The van der Waals surface area contributed by atoms with Gasteiger partial charge in [-0.3, -0.25) is 14.4 Å². The summed E-state index contributed by atoms with van der Waals surface area (Å²) in [5.41, 5.74) is 0.334. The standard InChI is InChI=1S/C20H28N2O6S/c1-4-14(2)21-19(24)13-28-20(25)16-8-10-22(11-9-16)29(26,27)18-7-5-6-17(12-18)15(3)23/h5-7,12,14,16H,4,8-11,13H2,1-3H3,(H,21,24)/t14-/m0/s1. The van der Waals surface area contributed by atoms with Crippen molar-refractivity contribution in [2.24, 2.45) is 5.92 Å². The third-order valence-electron chi connectivity index (χ3n) is 5.03. The highest BCUT2D eigenvalue weighted by molar-refractivity contribution is 7.89. The predicted octanol–water partition coefficient (Wildman–Crippen LogP) is 1.75. The zero-order chi connectivity index (χ0) is 21.6. The highest BCUT2D eigenvalue weighted by atomic mass is 32.2. The summed E-state index contributed by atoms with van der Waals surface area (Å²) >= 11 is 0. The highest BCUT2D eigenvalue weighted by Gasteiger charge is 2.33. The van der Waals surface area contributed by atoms with Crippen LogP contribution in [0.4, 0.5) is 0 Å². The summed E-state index contributed by atoms with van der Waals surface area (Å²) in [5.74, 6) is -1.49. The number of nitrogens with one attached hydrogen (secondary N) is 1. The average Bonchev–Trinajstić information content (AvgIpc) is 2.72. The van der Waals surface area contributed by atoms with E-state index >= 15 is 0 Å². The number of piperidine rings is 1. The molecule has 9 heteroatoms. The SMILES string of the molecule is CC[C@H](C)NC(=O)COC(=O)C1CCN(S(=O)(=O)c2cccc(C(C)=O)c2)CC1. The molecule has 0 radical (unpaired) electrons. The Kier molecular flexibility index (Phi) is 7.92. The lowest BCUT2D eigenvalue weighted by atomic mass is 9.98.